The molecule has 146 valence electrons. The lowest BCUT2D eigenvalue weighted by atomic mass is 9.87. The first-order chi connectivity index (χ1) is 12.3. The Morgan fingerprint density at radius 1 is 1.16 bits per heavy atom. The van der Waals surface area contributed by atoms with Crippen LogP contribution in [0.3, 0.4) is 0 Å². The summed E-state index contributed by atoms with van der Waals surface area (Å²) in [6.07, 6.45) is 9.12. The number of rotatable bonds is 9. The van der Waals surface area contributed by atoms with Gasteiger partial charge in [0.15, 0.2) is 5.96 Å². The van der Waals surface area contributed by atoms with Crippen LogP contribution in [0.25, 0.3) is 0 Å². The molecular formula is C19H37N3O2S. The van der Waals surface area contributed by atoms with Crippen molar-refractivity contribution in [2.24, 2.45) is 4.99 Å². The van der Waals surface area contributed by atoms with E-state index in [1.54, 1.807) is 7.11 Å². The van der Waals surface area contributed by atoms with Crippen molar-refractivity contribution in [1.82, 2.24) is 10.2 Å². The minimum Gasteiger partial charge on any atom is -0.382 e. The first kappa shape index (κ1) is 20.8. The van der Waals surface area contributed by atoms with Gasteiger partial charge in [0.1, 0.15) is 0 Å². The molecular weight excluding hydrogens is 334 g/mol. The van der Waals surface area contributed by atoms with Gasteiger partial charge in [-0.2, -0.15) is 11.8 Å². The molecule has 5 nitrogen and oxygen atoms in total. The molecule has 6 heteroatoms. The molecule has 2 rings (SSSR count). The normalized spacial score (nSPS) is 20.9. The quantitative estimate of drug-likeness (QED) is 0.383. The Hall–Kier alpha value is -0.460. The van der Waals surface area contributed by atoms with Crippen LogP contribution in [0, 0.1) is 0 Å². The van der Waals surface area contributed by atoms with Crippen LogP contribution in [0.2, 0.25) is 0 Å². The lowest BCUT2D eigenvalue weighted by molar-refractivity contribution is 0.0690. The predicted molar refractivity (Wildman–Crippen MR) is 108 cm³/mol. The highest BCUT2D eigenvalue weighted by atomic mass is 32.2. The topological polar surface area (TPSA) is 46.1 Å². The first-order valence-corrected chi connectivity index (χ1v) is 11.0. The summed E-state index contributed by atoms with van der Waals surface area (Å²) in [6, 6.07) is 0. The Morgan fingerprint density at radius 3 is 2.76 bits per heavy atom. The smallest absolute Gasteiger partial charge is 0.193 e. The highest BCUT2D eigenvalue weighted by molar-refractivity contribution is 8.00. The fourth-order valence-electron chi connectivity index (χ4n) is 3.70. The van der Waals surface area contributed by atoms with Crippen molar-refractivity contribution in [3.05, 3.63) is 0 Å². The maximum Gasteiger partial charge on any atom is 0.193 e. The summed E-state index contributed by atoms with van der Waals surface area (Å²) in [5, 5.41) is 3.51. The lowest BCUT2D eigenvalue weighted by Gasteiger charge is -2.45. The van der Waals surface area contributed by atoms with Crippen LogP contribution in [0.4, 0.5) is 0 Å². The fraction of sp³-hybridized carbons (Fsp3) is 0.947. The summed E-state index contributed by atoms with van der Waals surface area (Å²) in [4.78, 5) is 7.41. The van der Waals surface area contributed by atoms with E-state index in [-0.39, 0.29) is 0 Å². The summed E-state index contributed by atoms with van der Waals surface area (Å²) in [5.74, 6) is 2.35. The Bertz CT molecular complexity index is 381. The molecule has 25 heavy (non-hydrogen) atoms. The van der Waals surface area contributed by atoms with Gasteiger partial charge in [0, 0.05) is 50.4 Å². The second-order valence-electron chi connectivity index (χ2n) is 7.06. The number of hydrogen-bond acceptors (Lipinski definition) is 4. The minimum absolute atomic E-state index is 0.488. The molecule has 2 fully saturated rings. The van der Waals surface area contributed by atoms with Crippen molar-refractivity contribution in [1.29, 1.82) is 0 Å². The third kappa shape index (κ3) is 7.35. The Morgan fingerprint density at radius 2 is 2.00 bits per heavy atom. The second kappa shape index (κ2) is 12.0. The zero-order chi connectivity index (χ0) is 17.8. The Kier molecular flexibility index (Phi) is 10.0. The predicted octanol–water partition coefficient (Wildman–Crippen LogP) is 3.15. The summed E-state index contributed by atoms with van der Waals surface area (Å²) in [7, 11) is 1.71. The van der Waals surface area contributed by atoms with Crippen LogP contribution in [-0.4, -0.2) is 74.5 Å². The Balaban J connectivity index is 1.76. The molecule has 0 aromatic heterocycles. The summed E-state index contributed by atoms with van der Waals surface area (Å²) in [5.41, 5.74) is 0. The van der Waals surface area contributed by atoms with Crippen molar-refractivity contribution < 1.29 is 9.47 Å². The molecule has 0 aromatic carbocycles. The van der Waals surface area contributed by atoms with E-state index in [0.717, 1.165) is 45.0 Å². The molecule has 2 aliphatic rings. The van der Waals surface area contributed by atoms with Crippen LogP contribution >= 0.6 is 11.8 Å². The molecule has 0 unspecified atom stereocenters. The van der Waals surface area contributed by atoms with Crippen molar-refractivity contribution in [2.45, 2.75) is 56.6 Å². The van der Waals surface area contributed by atoms with Crippen molar-refractivity contribution >= 4 is 17.7 Å². The van der Waals surface area contributed by atoms with E-state index >= 15 is 0 Å². The molecule has 0 amide bonds. The van der Waals surface area contributed by atoms with Crippen LogP contribution < -0.4 is 5.32 Å². The number of hydrogen-bond donors (Lipinski definition) is 1. The highest BCUT2D eigenvalue weighted by Crippen LogP contribution is 2.42. The van der Waals surface area contributed by atoms with Gasteiger partial charge in [0.25, 0.3) is 0 Å². The molecule has 1 heterocycles. The van der Waals surface area contributed by atoms with Crippen molar-refractivity contribution in [3.8, 4) is 0 Å². The summed E-state index contributed by atoms with van der Waals surface area (Å²) >= 11 is 2.22. The third-order valence-corrected chi connectivity index (χ3v) is 6.57. The standard InChI is InChI=1S/C19H37N3O2S/c1-3-20-18(21-11-7-8-13-24-15-14-23-2)22-12-16-25-19(17-22)9-5-4-6-10-19/h3-17H2,1-2H3,(H,20,21). The van der Waals surface area contributed by atoms with E-state index in [4.69, 9.17) is 14.5 Å². The van der Waals surface area contributed by atoms with Crippen molar-refractivity contribution in [2.75, 3.05) is 58.9 Å². The molecule has 1 N–H and O–H groups in total. The van der Waals surface area contributed by atoms with E-state index in [1.807, 2.05) is 0 Å². The van der Waals surface area contributed by atoms with Crippen LogP contribution in [0.15, 0.2) is 4.99 Å². The molecule has 0 aromatic rings. The van der Waals surface area contributed by atoms with E-state index < -0.39 is 0 Å². The molecule has 1 saturated heterocycles. The number of thioether (sulfide) groups is 1. The van der Waals surface area contributed by atoms with Crippen molar-refractivity contribution in [3.63, 3.8) is 0 Å². The molecule has 1 aliphatic heterocycles. The number of methoxy groups -OCH3 is 1. The highest BCUT2D eigenvalue weighted by Gasteiger charge is 2.38. The van der Waals surface area contributed by atoms with E-state index in [1.165, 1.54) is 44.4 Å². The van der Waals surface area contributed by atoms with Gasteiger partial charge in [-0.3, -0.25) is 4.99 Å². The molecule has 0 atom stereocenters. The number of nitrogens with one attached hydrogen (secondary N) is 1. The number of guanidine groups is 1. The zero-order valence-corrected chi connectivity index (χ0v) is 17.0. The third-order valence-electron chi connectivity index (χ3n) is 5.04. The average molecular weight is 372 g/mol. The number of nitrogens with zero attached hydrogens (tertiary/aromatic N) is 2. The fourth-order valence-corrected chi connectivity index (χ4v) is 5.26. The first-order valence-electron chi connectivity index (χ1n) is 10.0. The summed E-state index contributed by atoms with van der Waals surface area (Å²) in [6.45, 7) is 8.45. The average Bonchev–Trinajstić information content (AvgIpc) is 2.63. The maximum absolute atomic E-state index is 5.52. The van der Waals surface area contributed by atoms with Gasteiger partial charge < -0.3 is 19.7 Å². The van der Waals surface area contributed by atoms with Crippen LogP contribution in [0.5, 0.6) is 0 Å². The number of unbranched alkanes of at least 4 members (excludes halogenated alkanes) is 1. The van der Waals surface area contributed by atoms with Gasteiger partial charge in [0.05, 0.1) is 13.2 Å². The zero-order valence-electron chi connectivity index (χ0n) is 16.2. The Labute approximate surface area is 158 Å². The van der Waals surface area contributed by atoms with Gasteiger partial charge in [-0.1, -0.05) is 19.3 Å². The number of aliphatic imine (C=N–C) groups is 1. The second-order valence-corrected chi connectivity index (χ2v) is 8.62. The monoisotopic (exact) mass is 371 g/mol. The molecule has 1 spiro atoms. The summed E-state index contributed by atoms with van der Waals surface area (Å²) < 4.78 is 11.0. The van der Waals surface area contributed by atoms with E-state index in [2.05, 4.69) is 28.9 Å². The van der Waals surface area contributed by atoms with Gasteiger partial charge in [-0.05, 0) is 32.6 Å². The van der Waals surface area contributed by atoms with Gasteiger partial charge >= 0.3 is 0 Å². The van der Waals surface area contributed by atoms with E-state index in [9.17, 15) is 0 Å². The number of ether oxygens (including phenoxy) is 2. The SMILES string of the molecule is CCNC(=NCCCCOCCOC)N1CCSC2(CCCCC2)C1. The van der Waals surface area contributed by atoms with Gasteiger partial charge in [-0.25, -0.2) is 0 Å². The van der Waals surface area contributed by atoms with Gasteiger partial charge in [0.2, 0.25) is 0 Å². The molecule has 0 radical (unpaired) electrons. The lowest BCUT2D eigenvalue weighted by Crippen LogP contribution is -2.53. The maximum atomic E-state index is 5.52. The largest absolute Gasteiger partial charge is 0.382 e. The van der Waals surface area contributed by atoms with Crippen LogP contribution in [0.1, 0.15) is 51.9 Å². The molecule has 0 bridgehead atoms. The minimum atomic E-state index is 0.488. The molecule has 1 aliphatic carbocycles. The molecule has 1 saturated carbocycles. The van der Waals surface area contributed by atoms with Gasteiger partial charge in [-0.15, -0.1) is 0 Å². The van der Waals surface area contributed by atoms with Crippen LogP contribution in [-0.2, 0) is 9.47 Å². The van der Waals surface area contributed by atoms with E-state index in [0.29, 0.717) is 18.0 Å².